The van der Waals surface area contributed by atoms with Crippen molar-refractivity contribution in [1.29, 1.82) is 0 Å². The molecule has 1 atom stereocenters. The molecule has 17 heavy (non-hydrogen) atoms. The summed E-state index contributed by atoms with van der Waals surface area (Å²) in [5.41, 5.74) is 0.584. The van der Waals surface area contributed by atoms with Crippen molar-refractivity contribution in [3.8, 4) is 0 Å². The Labute approximate surface area is 106 Å². The fourth-order valence-electron chi connectivity index (χ4n) is 2.20. The number of anilines is 1. The van der Waals surface area contributed by atoms with Crippen molar-refractivity contribution in [1.82, 2.24) is 9.88 Å². The third-order valence-corrected chi connectivity index (χ3v) is 4.23. The lowest BCUT2D eigenvalue weighted by Crippen LogP contribution is -2.45. The Hall–Kier alpha value is -0.940. The van der Waals surface area contributed by atoms with E-state index in [1.807, 2.05) is 5.38 Å². The fourth-order valence-corrected chi connectivity index (χ4v) is 3.10. The minimum absolute atomic E-state index is 0.0432. The standard InChI is InChI=1S/C12H19N3OS/c1-9(16)11-8-17-12(13-11)15(3)10-5-4-6-14(2)7-10/h8,10H,4-7H2,1-3H3. The highest BCUT2D eigenvalue weighted by Crippen LogP contribution is 2.24. The van der Waals surface area contributed by atoms with Crippen LogP contribution in [0.2, 0.25) is 0 Å². The van der Waals surface area contributed by atoms with Gasteiger partial charge in [-0.15, -0.1) is 11.3 Å². The molecule has 0 aromatic carbocycles. The van der Waals surface area contributed by atoms with Gasteiger partial charge in [0.25, 0.3) is 0 Å². The fraction of sp³-hybridized carbons (Fsp3) is 0.667. The number of thiazole rings is 1. The average molecular weight is 253 g/mol. The van der Waals surface area contributed by atoms with Gasteiger partial charge in [0.15, 0.2) is 10.9 Å². The summed E-state index contributed by atoms with van der Waals surface area (Å²) in [5.74, 6) is 0.0432. The Bertz CT molecular complexity index is 404. The predicted molar refractivity (Wildman–Crippen MR) is 71.0 cm³/mol. The number of hydrogen-bond acceptors (Lipinski definition) is 5. The number of Topliss-reactive ketones (excluding diaryl/α,β-unsaturated/α-hetero) is 1. The average Bonchev–Trinajstić information content (AvgIpc) is 2.77. The molecular formula is C12H19N3OS. The molecule has 0 N–H and O–H groups in total. The SMILES string of the molecule is CC(=O)c1csc(N(C)C2CCCN(C)C2)n1. The number of likely N-dealkylation sites (tertiary alicyclic amines) is 1. The first-order chi connectivity index (χ1) is 8.08. The maximum atomic E-state index is 11.2. The van der Waals surface area contributed by atoms with Gasteiger partial charge in [-0.2, -0.15) is 0 Å². The summed E-state index contributed by atoms with van der Waals surface area (Å²) in [6, 6.07) is 0.514. The largest absolute Gasteiger partial charge is 0.347 e. The molecule has 1 aromatic heterocycles. The summed E-state index contributed by atoms with van der Waals surface area (Å²) < 4.78 is 0. The second kappa shape index (κ2) is 5.14. The first-order valence-electron chi connectivity index (χ1n) is 5.96. The molecule has 2 rings (SSSR count). The lowest BCUT2D eigenvalue weighted by atomic mass is 10.1. The van der Waals surface area contributed by atoms with Crippen LogP contribution < -0.4 is 4.90 Å². The van der Waals surface area contributed by atoms with Crippen LogP contribution in [0.1, 0.15) is 30.3 Å². The van der Waals surface area contributed by atoms with E-state index in [2.05, 4.69) is 28.9 Å². The summed E-state index contributed by atoms with van der Waals surface area (Å²) in [5, 5.41) is 2.80. The molecule has 1 unspecified atom stereocenters. The number of carbonyl (C=O) groups is 1. The number of carbonyl (C=O) groups excluding carboxylic acids is 1. The first-order valence-corrected chi connectivity index (χ1v) is 6.83. The van der Waals surface area contributed by atoms with Crippen molar-refractivity contribution in [2.45, 2.75) is 25.8 Å². The van der Waals surface area contributed by atoms with Crippen LogP contribution in [-0.4, -0.2) is 48.9 Å². The second-order valence-electron chi connectivity index (χ2n) is 4.74. The molecule has 0 bridgehead atoms. The maximum absolute atomic E-state index is 11.2. The monoisotopic (exact) mass is 253 g/mol. The summed E-state index contributed by atoms with van der Waals surface area (Å²) in [4.78, 5) is 20.2. The van der Waals surface area contributed by atoms with Crippen molar-refractivity contribution in [3.63, 3.8) is 0 Å². The van der Waals surface area contributed by atoms with E-state index in [1.54, 1.807) is 18.3 Å². The molecule has 94 valence electrons. The molecular weight excluding hydrogens is 234 g/mol. The Balaban J connectivity index is 2.07. The molecule has 1 fully saturated rings. The Kier molecular flexibility index (Phi) is 3.79. The van der Waals surface area contributed by atoms with Crippen LogP contribution in [0.3, 0.4) is 0 Å². The van der Waals surface area contributed by atoms with Crippen LogP contribution in [0.25, 0.3) is 0 Å². The van der Waals surface area contributed by atoms with Crippen LogP contribution in [0, 0.1) is 0 Å². The number of piperidine rings is 1. The topological polar surface area (TPSA) is 36.4 Å². The van der Waals surface area contributed by atoms with Gasteiger partial charge in [0.05, 0.1) is 0 Å². The maximum Gasteiger partial charge on any atom is 0.185 e. The zero-order valence-electron chi connectivity index (χ0n) is 10.6. The van der Waals surface area contributed by atoms with Gasteiger partial charge in [-0.1, -0.05) is 0 Å². The number of nitrogens with zero attached hydrogens (tertiary/aromatic N) is 3. The third-order valence-electron chi connectivity index (χ3n) is 3.30. The van der Waals surface area contributed by atoms with Crippen molar-refractivity contribution >= 4 is 22.3 Å². The van der Waals surface area contributed by atoms with E-state index in [0.29, 0.717) is 11.7 Å². The molecule has 4 nitrogen and oxygen atoms in total. The van der Waals surface area contributed by atoms with Crippen LogP contribution in [0.5, 0.6) is 0 Å². The Morgan fingerprint density at radius 3 is 3.00 bits per heavy atom. The van der Waals surface area contributed by atoms with Gasteiger partial charge >= 0.3 is 0 Å². The molecule has 0 amide bonds. The Morgan fingerprint density at radius 1 is 1.65 bits per heavy atom. The molecule has 0 radical (unpaired) electrons. The van der Waals surface area contributed by atoms with Crippen LogP contribution in [-0.2, 0) is 0 Å². The highest BCUT2D eigenvalue weighted by Gasteiger charge is 2.23. The minimum Gasteiger partial charge on any atom is -0.347 e. The zero-order chi connectivity index (χ0) is 12.4. The molecule has 1 aliphatic rings. The normalized spacial score (nSPS) is 21.5. The van der Waals surface area contributed by atoms with Gasteiger partial charge in [0.1, 0.15) is 5.69 Å². The van der Waals surface area contributed by atoms with Gasteiger partial charge in [-0.3, -0.25) is 4.79 Å². The summed E-state index contributed by atoms with van der Waals surface area (Å²) >= 11 is 1.56. The van der Waals surface area contributed by atoms with Crippen molar-refractivity contribution in [2.75, 3.05) is 32.1 Å². The molecule has 1 aromatic rings. The molecule has 0 spiro atoms. The van der Waals surface area contributed by atoms with E-state index in [9.17, 15) is 4.79 Å². The number of ketones is 1. The lowest BCUT2D eigenvalue weighted by molar-refractivity contribution is 0.101. The van der Waals surface area contributed by atoms with Crippen LogP contribution in [0.4, 0.5) is 5.13 Å². The van der Waals surface area contributed by atoms with E-state index < -0.39 is 0 Å². The summed E-state index contributed by atoms with van der Waals surface area (Å²) in [6.07, 6.45) is 2.44. The second-order valence-corrected chi connectivity index (χ2v) is 5.58. The van der Waals surface area contributed by atoms with Gasteiger partial charge in [0.2, 0.25) is 0 Å². The number of likely N-dealkylation sites (N-methyl/N-ethyl adjacent to an activating group) is 2. The van der Waals surface area contributed by atoms with Crippen molar-refractivity contribution < 1.29 is 4.79 Å². The van der Waals surface area contributed by atoms with Crippen molar-refractivity contribution in [3.05, 3.63) is 11.1 Å². The third kappa shape index (κ3) is 2.84. The van der Waals surface area contributed by atoms with E-state index >= 15 is 0 Å². The number of hydrogen-bond donors (Lipinski definition) is 0. The lowest BCUT2D eigenvalue weighted by Gasteiger charge is -2.35. The summed E-state index contributed by atoms with van der Waals surface area (Å²) in [7, 11) is 4.23. The minimum atomic E-state index is 0.0432. The molecule has 1 aliphatic heterocycles. The van der Waals surface area contributed by atoms with Gasteiger partial charge < -0.3 is 9.80 Å². The van der Waals surface area contributed by atoms with Gasteiger partial charge in [0, 0.05) is 31.9 Å². The Morgan fingerprint density at radius 2 is 2.41 bits per heavy atom. The zero-order valence-corrected chi connectivity index (χ0v) is 11.5. The molecule has 2 heterocycles. The first kappa shape index (κ1) is 12.5. The highest BCUT2D eigenvalue weighted by atomic mass is 32.1. The van der Waals surface area contributed by atoms with E-state index in [4.69, 9.17) is 0 Å². The quantitative estimate of drug-likeness (QED) is 0.771. The highest BCUT2D eigenvalue weighted by molar-refractivity contribution is 7.13. The van der Waals surface area contributed by atoms with Crippen LogP contribution in [0.15, 0.2) is 5.38 Å². The molecule has 0 saturated carbocycles. The van der Waals surface area contributed by atoms with E-state index in [0.717, 1.165) is 11.7 Å². The number of rotatable bonds is 3. The van der Waals surface area contributed by atoms with E-state index in [-0.39, 0.29) is 5.78 Å². The van der Waals surface area contributed by atoms with E-state index in [1.165, 1.54) is 19.4 Å². The number of aromatic nitrogens is 1. The predicted octanol–water partition coefficient (Wildman–Crippen LogP) is 1.88. The molecule has 5 heteroatoms. The van der Waals surface area contributed by atoms with Gasteiger partial charge in [-0.05, 0) is 26.4 Å². The smallest absolute Gasteiger partial charge is 0.185 e. The van der Waals surface area contributed by atoms with Crippen molar-refractivity contribution in [2.24, 2.45) is 0 Å². The molecule has 1 saturated heterocycles. The van der Waals surface area contributed by atoms with Gasteiger partial charge in [-0.25, -0.2) is 4.98 Å². The summed E-state index contributed by atoms with van der Waals surface area (Å²) in [6.45, 7) is 3.82. The molecule has 0 aliphatic carbocycles. The van der Waals surface area contributed by atoms with Crippen LogP contribution >= 0.6 is 11.3 Å².